The lowest BCUT2D eigenvalue weighted by Gasteiger charge is -2.25. The Kier molecular flexibility index (Phi) is 6.17. The van der Waals surface area contributed by atoms with Crippen LogP contribution in [0.5, 0.6) is 5.75 Å². The highest BCUT2D eigenvalue weighted by atomic mass is 16.4. The number of aromatic hydroxyl groups is 1. The average Bonchev–Trinajstić information content (AvgIpc) is 2.38. The summed E-state index contributed by atoms with van der Waals surface area (Å²) < 4.78 is 0. The van der Waals surface area contributed by atoms with E-state index < -0.39 is 12.0 Å². The predicted octanol–water partition coefficient (Wildman–Crippen LogP) is 0.831. The summed E-state index contributed by atoms with van der Waals surface area (Å²) in [5, 5.41) is 18.1. The fourth-order valence-electron chi connectivity index (χ4n) is 2.04. The molecule has 0 aliphatic heterocycles. The minimum atomic E-state index is -1.05. The van der Waals surface area contributed by atoms with Gasteiger partial charge in [0.15, 0.2) is 0 Å². The molecule has 0 heterocycles. The Morgan fingerprint density at radius 3 is 2.29 bits per heavy atom. The average molecular weight is 294 g/mol. The van der Waals surface area contributed by atoms with Crippen molar-refractivity contribution < 1.29 is 19.8 Å². The van der Waals surface area contributed by atoms with Gasteiger partial charge in [-0.3, -0.25) is 9.59 Å². The summed E-state index contributed by atoms with van der Waals surface area (Å²) in [7, 11) is 0. The van der Waals surface area contributed by atoms with Crippen LogP contribution in [-0.4, -0.2) is 46.1 Å². The molecule has 0 spiro atoms. The van der Waals surface area contributed by atoms with E-state index in [0.29, 0.717) is 13.0 Å². The van der Waals surface area contributed by atoms with Gasteiger partial charge in [0, 0.05) is 6.54 Å². The van der Waals surface area contributed by atoms with E-state index in [9.17, 15) is 14.7 Å². The Hall–Kier alpha value is -2.08. The van der Waals surface area contributed by atoms with Crippen LogP contribution >= 0.6 is 0 Å². The van der Waals surface area contributed by atoms with Gasteiger partial charge in [0.1, 0.15) is 12.3 Å². The lowest BCUT2D eigenvalue weighted by molar-refractivity contribution is -0.145. The Morgan fingerprint density at radius 2 is 1.81 bits per heavy atom. The van der Waals surface area contributed by atoms with Gasteiger partial charge in [0.2, 0.25) is 5.91 Å². The van der Waals surface area contributed by atoms with Crippen molar-refractivity contribution >= 4 is 11.9 Å². The number of carbonyl (C=O) groups is 2. The first-order chi connectivity index (χ1) is 9.79. The third kappa shape index (κ3) is 5.83. The molecule has 0 aromatic heterocycles. The van der Waals surface area contributed by atoms with Crippen molar-refractivity contribution in [3.8, 4) is 5.75 Å². The van der Waals surface area contributed by atoms with Gasteiger partial charge in [0.25, 0.3) is 0 Å². The van der Waals surface area contributed by atoms with E-state index in [1.54, 1.807) is 12.1 Å². The van der Waals surface area contributed by atoms with Crippen LogP contribution in [0.2, 0.25) is 0 Å². The van der Waals surface area contributed by atoms with Crippen LogP contribution < -0.4 is 5.73 Å². The van der Waals surface area contributed by atoms with E-state index in [1.807, 2.05) is 13.8 Å². The minimum Gasteiger partial charge on any atom is -0.508 e. The van der Waals surface area contributed by atoms with Gasteiger partial charge in [-0.05, 0) is 30.0 Å². The largest absolute Gasteiger partial charge is 0.508 e. The van der Waals surface area contributed by atoms with Crippen LogP contribution in [0.1, 0.15) is 19.4 Å². The topological polar surface area (TPSA) is 104 Å². The van der Waals surface area contributed by atoms with Crippen molar-refractivity contribution in [1.29, 1.82) is 0 Å². The van der Waals surface area contributed by atoms with E-state index >= 15 is 0 Å². The molecule has 0 unspecified atom stereocenters. The summed E-state index contributed by atoms with van der Waals surface area (Å²) in [6.07, 6.45) is 0.299. The molecule has 116 valence electrons. The zero-order valence-electron chi connectivity index (χ0n) is 12.3. The van der Waals surface area contributed by atoms with E-state index in [2.05, 4.69) is 0 Å². The van der Waals surface area contributed by atoms with E-state index in [4.69, 9.17) is 10.8 Å². The molecule has 0 saturated heterocycles. The maximum atomic E-state index is 12.3. The molecular formula is C15H22N2O4. The maximum Gasteiger partial charge on any atom is 0.323 e. The van der Waals surface area contributed by atoms with Crippen molar-refractivity contribution in [1.82, 2.24) is 4.90 Å². The third-order valence-electron chi connectivity index (χ3n) is 2.93. The zero-order chi connectivity index (χ0) is 16.0. The molecule has 0 radical (unpaired) electrons. The summed E-state index contributed by atoms with van der Waals surface area (Å²) in [5.74, 6) is -1.12. The number of hydrogen-bond donors (Lipinski definition) is 3. The quantitative estimate of drug-likeness (QED) is 0.691. The number of aliphatic carboxylic acids is 1. The number of amides is 1. The summed E-state index contributed by atoms with van der Waals surface area (Å²) >= 11 is 0. The zero-order valence-corrected chi connectivity index (χ0v) is 12.3. The molecule has 1 rings (SSSR count). The monoisotopic (exact) mass is 294 g/mol. The normalized spacial score (nSPS) is 12.2. The number of phenols is 1. The number of carboxylic acid groups (broad SMARTS) is 1. The lowest BCUT2D eigenvalue weighted by atomic mass is 10.0. The van der Waals surface area contributed by atoms with Gasteiger partial charge in [-0.2, -0.15) is 0 Å². The van der Waals surface area contributed by atoms with Gasteiger partial charge in [-0.1, -0.05) is 26.0 Å². The second-order valence-electron chi connectivity index (χ2n) is 5.48. The van der Waals surface area contributed by atoms with Gasteiger partial charge >= 0.3 is 5.97 Å². The van der Waals surface area contributed by atoms with E-state index in [1.165, 1.54) is 17.0 Å². The molecule has 6 heteroatoms. The fourth-order valence-corrected chi connectivity index (χ4v) is 2.04. The van der Waals surface area contributed by atoms with Crippen LogP contribution in [0.3, 0.4) is 0 Å². The van der Waals surface area contributed by atoms with Gasteiger partial charge in [0.05, 0.1) is 6.04 Å². The molecule has 1 atom stereocenters. The van der Waals surface area contributed by atoms with Crippen molar-refractivity contribution in [3.63, 3.8) is 0 Å². The molecule has 0 aliphatic rings. The molecule has 0 aliphatic carbocycles. The number of nitrogens with two attached hydrogens (primary N) is 1. The third-order valence-corrected chi connectivity index (χ3v) is 2.93. The van der Waals surface area contributed by atoms with Gasteiger partial charge in [-0.25, -0.2) is 0 Å². The number of hydrogen-bond acceptors (Lipinski definition) is 4. The van der Waals surface area contributed by atoms with Crippen LogP contribution in [0, 0.1) is 5.92 Å². The second-order valence-corrected chi connectivity index (χ2v) is 5.48. The van der Waals surface area contributed by atoms with Crippen molar-refractivity contribution in [3.05, 3.63) is 29.8 Å². The van der Waals surface area contributed by atoms with Gasteiger partial charge < -0.3 is 20.8 Å². The highest BCUT2D eigenvalue weighted by Gasteiger charge is 2.23. The Bertz CT molecular complexity index is 485. The summed E-state index contributed by atoms with van der Waals surface area (Å²) in [6, 6.07) is 5.62. The van der Waals surface area contributed by atoms with Crippen molar-refractivity contribution in [2.24, 2.45) is 11.7 Å². The van der Waals surface area contributed by atoms with Crippen LogP contribution in [-0.2, 0) is 16.0 Å². The molecule has 0 saturated carbocycles. The number of nitrogens with zero attached hydrogens (tertiary/aromatic N) is 1. The highest BCUT2D eigenvalue weighted by molar-refractivity contribution is 5.85. The molecule has 0 bridgehead atoms. The van der Waals surface area contributed by atoms with Crippen LogP contribution in [0.4, 0.5) is 0 Å². The molecular weight excluding hydrogens is 272 g/mol. The Labute approximate surface area is 124 Å². The van der Waals surface area contributed by atoms with Crippen LogP contribution in [0.15, 0.2) is 24.3 Å². The number of benzene rings is 1. The molecule has 1 amide bonds. The van der Waals surface area contributed by atoms with Crippen molar-refractivity contribution in [2.75, 3.05) is 13.1 Å². The molecule has 1 aromatic rings. The lowest BCUT2D eigenvalue weighted by Crippen LogP contribution is -2.48. The number of phenolic OH excluding ortho intramolecular Hbond substituents is 1. The summed E-state index contributed by atoms with van der Waals surface area (Å²) in [4.78, 5) is 24.4. The molecule has 1 aromatic carbocycles. The summed E-state index contributed by atoms with van der Waals surface area (Å²) in [6.45, 7) is 3.83. The SMILES string of the molecule is CC(C)CN(CC(=O)O)C(=O)[C@@H](N)Cc1ccc(O)cc1. The first-order valence-electron chi connectivity index (χ1n) is 6.83. The standard InChI is InChI=1S/C15H22N2O4/c1-10(2)8-17(9-14(19)20)15(21)13(16)7-11-3-5-12(18)6-4-11/h3-6,10,13,18H,7-9,16H2,1-2H3,(H,19,20)/t13-/m0/s1. The number of rotatable bonds is 7. The number of carboxylic acids is 1. The maximum absolute atomic E-state index is 12.3. The molecule has 4 N–H and O–H groups in total. The smallest absolute Gasteiger partial charge is 0.323 e. The Morgan fingerprint density at radius 1 is 1.24 bits per heavy atom. The van der Waals surface area contributed by atoms with Crippen molar-refractivity contribution in [2.45, 2.75) is 26.3 Å². The summed E-state index contributed by atoms with van der Waals surface area (Å²) in [5.41, 5.74) is 6.71. The molecule has 6 nitrogen and oxygen atoms in total. The number of carbonyl (C=O) groups excluding carboxylic acids is 1. The fraction of sp³-hybridized carbons (Fsp3) is 0.467. The molecule has 21 heavy (non-hydrogen) atoms. The Balaban J connectivity index is 2.72. The first-order valence-corrected chi connectivity index (χ1v) is 6.83. The van der Waals surface area contributed by atoms with E-state index in [-0.39, 0.29) is 24.1 Å². The van der Waals surface area contributed by atoms with Crippen LogP contribution in [0.25, 0.3) is 0 Å². The van der Waals surface area contributed by atoms with Gasteiger partial charge in [-0.15, -0.1) is 0 Å². The minimum absolute atomic E-state index is 0.144. The molecule has 0 fully saturated rings. The van der Waals surface area contributed by atoms with E-state index in [0.717, 1.165) is 5.56 Å². The first kappa shape index (κ1) is 17.0. The predicted molar refractivity (Wildman–Crippen MR) is 78.8 cm³/mol. The second kappa shape index (κ2) is 7.64. The highest BCUT2D eigenvalue weighted by Crippen LogP contribution is 2.12.